The third-order valence-corrected chi connectivity index (χ3v) is 5.39. The van der Waals surface area contributed by atoms with E-state index in [0.29, 0.717) is 62.3 Å². The number of carbonyl (C=O) groups is 2. The molecule has 2 amide bonds. The Balaban J connectivity index is 1.24. The number of ether oxygens (including phenoxy) is 2. The van der Waals surface area contributed by atoms with Crippen molar-refractivity contribution in [2.45, 2.75) is 6.92 Å². The van der Waals surface area contributed by atoms with Crippen LogP contribution < -0.4 is 14.8 Å². The predicted molar refractivity (Wildman–Crippen MR) is 126 cm³/mol. The van der Waals surface area contributed by atoms with Crippen LogP contribution in [0.4, 0.5) is 5.82 Å². The van der Waals surface area contributed by atoms with E-state index in [1.54, 1.807) is 30.0 Å². The molecule has 0 bridgehead atoms. The van der Waals surface area contributed by atoms with Crippen LogP contribution in [0.5, 0.6) is 11.5 Å². The average Bonchev–Trinajstić information content (AvgIpc) is 3.27. The molecule has 4 rings (SSSR count). The van der Waals surface area contributed by atoms with Crippen molar-refractivity contribution >= 4 is 17.6 Å². The minimum absolute atomic E-state index is 0.0817. The molecule has 0 radical (unpaired) electrons. The fourth-order valence-corrected chi connectivity index (χ4v) is 3.69. The summed E-state index contributed by atoms with van der Waals surface area (Å²) in [4.78, 5) is 29.2. The van der Waals surface area contributed by atoms with Crippen LogP contribution in [0.1, 0.15) is 16.1 Å². The lowest BCUT2D eigenvalue weighted by molar-refractivity contribution is -0.117. The van der Waals surface area contributed by atoms with Gasteiger partial charge in [0.05, 0.1) is 12.1 Å². The Morgan fingerprint density at radius 2 is 1.68 bits per heavy atom. The molecule has 0 unspecified atom stereocenters. The van der Waals surface area contributed by atoms with Gasteiger partial charge in [-0.25, -0.2) is 0 Å². The molecule has 1 aliphatic heterocycles. The Kier molecular flexibility index (Phi) is 7.77. The first-order valence-corrected chi connectivity index (χ1v) is 11.2. The number of aryl methyl sites for hydroxylation is 1. The lowest BCUT2D eigenvalue weighted by Gasteiger charge is -2.34. The number of nitrogens with one attached hydrogen (secondary N) is 1. The molecule has 3 aromatic rings. The number of benzene rings is 2. The normalized spacial score (nSPS) is 14.0. The van der Waals surface area contributed by atoms with Crippen LogP contribution in [0, 0.1) is 6.92 Å². The van der Waals surface area contributed by atoms with Crippen molar-refractivity contribution in [2.75, 3.05) is 51.3 Å². The number of hydrogen-bond donors (Lipinski definition) is 1. The van der Waals surface area contributed by atoms with Gasteiger partial charge in [-0.2, -0.15) is 0 Å². The van der Waals surface area contributed by atoms with E-state index in [4.69, 9.17) is 14.0 Å². The van der Waals surface area contributed by atoms with E-state index in [9.17, 15) is 9.59 Å². The summed E-state index contributed by atoms with van der Waals surface area (Å²) in [6, 6.07) is 18.4. The van der Waals surface area contributed by atoms with Crippen molar-refractivity contribution in [1.29, 1.82) is 0 Å². The van der Waals surface area contributed by atoms with Gasteiger partial charge in [0.25, 0.3) is 5.91 Å². The molecule has 9 heteroatoms. The number of hydrogen-bond acceptors (Lipinski definition) is 7. The number of aromatic nitrogens is 1. The fraction of sp³-hybridized carbons (Fsp3) is 0.320. The van der Waals surface area contributed by atoms with Crippen LogP contribution in [0.25, 0.3) is 0 Å². The van der Waals surface area contributed by atoms with Crippen molar-refractivity contribution in [3.8, 4) is 11.5 Å². The Labute approximate surface area is 198 Å². The molecule has 1 aromatic heterocycles. The topological polar surface area (TPSA) is 97.1 Å². The Bertz CT molecular complexity index is 1090. The van der Waals surface area contributed by atoms with Crippen molar-refractivity contribution < 1.29 is 23.6 Å². The van der Waals surface area contributed by atoms with Gasteiger partial charge in [-0.15, -0.1) is 0 Å². The van der Waals surface area contributed by atoms with E-state index in [0.717, 1.165) is 5.75 Å². The zero-order valence-electron chi connectivity index (χ0n) is 19.1. The second-order valence-electron chi connectivity index (χ2n) is 7.95. The van der Waals surface area contributed by atoms with Gasteiger partial charge in [-0.1, -0.05) is 35.5 Å². The number of anilines is 1. The third-order valence-electron chi connectivity index (χ3n) is 5.39. The van der Waals surface area contributed by atoms with Crippen molar-refractivity contribution in [3.05, 3.63) is 72.0 Å². The van der Waals surface area contributed by atoms with Crippen LogP contribution in [0.3, 0.4) is 0 Å². The maximum Gasteiger partial charge on any atom is 0.257 e. The minimum atomic E-state index is -0.162. The summed E-state index contributed by atoms with van der Waals surface area (Å²) in [6.45, 7) is 4.96. The monoisotopic (exact) mass is 464 g/mol. The molecule has 9 nitrogen and oxygen atoms in total. The Morgan fingerprint density at radius 3 is 2.41 bits per heavy atom. The number of rotatable bonds is 9. The van der Waals surface area contributed by atoms with Gasteiger partial charge in [-0.05, 0) is 31.2 Å². The fourth-order valence-electron chi connectivity index (χ4n) is 3.69. The summed E-state index contributed by atoms with van der Waals surface area (Å²) in [5, 5.41) is 6.49. The average molecular weight is 465 g/mol. The SMILES string of the molecule is Cc1cc(NC(=O)CN2CCN(C(=O)c3ccccc3OCCOc3ccccc3)CC2)no1. The molecule has 1 saturated heterocycles. The maximum atomic E-state index is 13.1. The van der Waals surface area contributed by atoms with Gasteiger partial charge in [0.15, 0.2) is 5.82 Å². The van der Waals surface area contributed by atoms with Crippen LogP contribution in [0.15, 0.2) is 65.2 Å². The first-order chi connectivity index (χ1) is 16.6. The van der Waals surface area contributed by atoms with Crippen molar-refractivity contribution in [2.24, 2.45) is 0 Å². The van der Waals surface area contributed by atoms with Gasteiger partial charge in [0, 0.05) is 32.2 Å². The molecule has 0 spiro atoms. The van der Waals surface area contributed by atoms with E-state index >= 15 is 0 Å². The highest BCUT2D eigenvalue weighted by Crippen LogP contribution is 2.21. The molecular formula is C25H28N4O5. The van der Waals surface area contributed by atoms with Crippen LogP contribution in [-0.4, -0.2) is 72.7 Å². The largest absolute Gasteiger partial charge is 0.490 e. The zero-order valence-corrected chi connectivity index (χ0v) is 19.1. The van der Waals surface area contributed by atoms with Crippen molar-refractivity contribution in [3.63, 3.8) is 0 Å². The molecular weight excluding hydrogens is 436 g/mol. The summed E-state index contributed by atoms with van der Waals surface area (Å²) in [6.07, 6.45) is 0. The van der Waals surface area contributed by atoms with Gasteiger partial charge in [-0.3, -0.25) is 14.5 Å². The number of amides is 2. The van der Waals surface area contributed by atoms with E-state index in [2.05, 4.69) is 10.5 Å². The number of nitrogens with zero attached hydrogens (tertiary/aromatic N) is 3. The van der Waals surface area contributed by atoms with Gasteiger partial charge < -0.3 is 24.2 Å². The lowest BCUT2D eigenvalue weighted by Crippen LogP contribution is -2.50. The molecule has 2 heterocycles. The van der Waals surface area contributed by atoms with Crippen LogP contribution >= 0.6 is 0 Å². The molecule has 0 atom stereocenters. The summed E-state index contributed by atoms with van der Waals surface area (Å²) in [5.74, 6) is 2.11. The molecule has 2 aromatic carbocycles. The summed E-state index contributed by atoms with van der Waals surface area (Å²) in [5.41, 5.74) is 0.523. The van der Waals surface area contributed by atoms with E-state index in [1.165, 1.54) is 0 Å². The highest BCUT2D eigenvalue weighted by atomic mass is 16.5. The molecule has 34 heavy (non-hydrogen) atoms. The molecule has 1 N–H and O–H groups in total. The second-order valence-corrected chi connectivity index (χ2v) is 7.95. The zero-order chi connectivity index (χ0) is 23.8. The number of para-hydroxylation sites is 2. The van der Waals surface area contributed by atoms with Gasteiger partial charge in [0.1, 0.15) is 30.5 Å². The predicted octanol–water partition coefficient (Wildman–Crippen LogP) is 2.84. The molecule has 1 aliphatic rings. The first-order valence-electron chi connectivity index (χ1n) is 11.2. The number of piperazine rings is 1. The van der Waals surface area contributed by atoms with E-state index in [1.807, 2.05) is 47.4 Å². The minimum Gasteiger partial charge on any atom is -0.490 e. The summed E-state index contributed by atoms with van der Waals surface area (Å²) < 4.78 is 16.5. The third kappa shape index (κ3) is 6.35. The molecule has 0 aliphatic carbocycles. The Morgan fingerprint density at radius 1 is 0.971 bits per heavy atom. The summed E-state index contributed by atoms with van der Waals surface area (Å²) in [7, 11) is 0. The molecule has 178 valence electrons. The van der Waals surface area contributed by atoms with E-state index < -0.39 is 0 Å². The molecule has 0 saturated carbocycles. The van der Waals surface area contributed by atoms with Crippen LogP contribution in [0.2, 0.25) is 0 Å². The number of carbonyl (C=O) groups excluding carboxylic acids is 2. The van der Waals surface area contributed by atoms with Crippen molar-refractivity contribution in [1.82, 2.24) is 15.0 Å². The highest BCUT2D eigenvalue weighted by molar-refractivity contribution is 5.97. The molecule has 1 fully saturated rings. The Hall–Kier alpha value is -3.85. The first kappa shape index (κ1) is 23.3. The smallest absolute Gasteiger partial charge is 0.257 e. The lowest BCUT2D eigenvalue weighted by atomic mass is 10.1. The van der Waals surface area contributed by atoms with E-state index in [-0.39, 0.29) is 18.4 Å². The van der Waals surface area contributed by atoms with Gasteiger partial charge >= 0.3 is 0 Å². The standard InChI is InChI=1S/C25H28N4O5/c1-19-17-23(27-34-19)26-24(30)18-28-11-13-29(14-12-28)25(31)21-9-5-6-10-22(21)33-16-15-32-20-7-3-2-4-8-20/h2-10,17H,11-16,18H2,1H3,(H,26,27,30). The highest BCUT2D eigenvalue weighted by Gasteiger charge is 2.25. The van der Waals surface area contributed by atoms with Crippen LogP contribution in [-0.2, 0) is 4.79 Å². The summed E-state index contributed by atoms with van der Waals surface area (Å²) >= 11 is 0. The second kappa shape index (κ2) is 11.3. The maximum absolute atomic E-state index is 13.1. The van der Waals surface area contributed by atoms with Gasteiger partial charge in [0.2, 0.25) is 5.91 Å². The quantitative estimate of drug-likeness (QED) is 0.487.